The van der Waals surface area contributed by atoms with Gasteiger partial charge >= 0.3 is 6.18 Å². The summed E-state index contributed by atoms with van der Waals surface area (Å²) in [6.45, 7) is 0. The van der Waals surface area contributed by atoms with Gasteiger partial charge < -0.3 is 10.1 Å². The molecular weight excluding hydrogens is 433 g/mol. The number of nitrogens with zero attached hydrogens (tertiary/aromatic N) is 3. The Morgan fingerprint density at radius 2 is 2.07 bits per heavy atom. The number of fused-ring (bicyclic) bond motifs is 1. The van der Waals surface area contributed by atoms with Gasteiger partial charge in [0, 0.05) is 5.56 Å². The first kappa shape index (κ1) is 18.9. The number of methoxy groups -OCH3 is 1. The molecule has 1 N–H and O–H groups in total. The average molecular weight is 442 g/mol. The molecule has 0 radical (unpaired) electrons. The van der Waals surface area contributed by atoms with Gasteiger partial charge in [0.25, 0.3) is 5.91 Å². The van der Waals surface area contributed by atoms with E-state index >= 15 is 0 Å². The molecule has 0 unspecified atom stereocenters. The molecular formula is C16H9F3N4O2S3. The molecule has 1 fully saturated rings. The molecule has 0 atom stereocenters. The van der Waals surface area contributed by atoms with Crippen LogP contribution in [-0.4, -0.2) is 31.9 Å². The van der Waals surface area contributed by atoms with Crippen LogP contribution < -0.4 is 10.1 Å². The number of nitrogens with one attached hydrogen (secondary N) is 1. The fourth-order valence-electron chi connectivity index (χ4n) is 2.59. The van der Waals surface area contributed by atoms with E-state index in [1.165, 1.54) is 13.2 Å². The maximum atomic E-state index is 13.1. The minimum Gasteiger partial charge on any atom is -0.496 e. The van der Waals surface area contributed by atoms with Gasteiger partial charge in [-0.15, -0.1) is 5.10 Å². The van der Waals surface area contributed by atoms with Gasteiger partial charge in [-0.05, 0) is 18.2 Å². The van der Waals surface area contributed by atoms with Crippen LogP contribution in [0.5, 0.6) is 5.75 Å². The van der Waals surface area contributed by atoms with Crippen LogP contribution in [0.4, 0.5) is 13.2 Å². The van der Waals surface area contributed by atoms with Gasteiger partial charge in [-0.3, -0.25) is 4.79 Å². The van der Waals surface area contributed by atoms with Crippen molar-refractivity contribution in [2.45, 2.75) is 6.18 Å². The Bertz CT molecular complexity index is 1150. The standard InChI is InChI=1S/C16H9F3N4O2S3/c1-25-9-5-3-2-4-7(9)11-8(6-10-12(24)21-15(26)27-10)23-14(20-11)28-13(22-23)16(17,18)19/h2-6H,1H3,(H,21,24,26)/b10-6-. The highest BCUT2D eigenvalue weighted by Gasteiger charge is 2.37. The quantitative estimate of drug-likeness (QED) is 0.489. The lowest BCUT2D eigenvalue weighted by Crippen LogP contribution is -2.17. The Labute approximate surface area is 169 Å². The Hall–Kier alpha value is -2.44. The zero-order valence-electron chi connectivity index (χ0n) is 13.9. The number of benzene rings is 1. The van der Waals surface area contributed by atoms with Crippen molar-refractivity contribution in [3.63, 3.8) is 0 Å². The average Bonchev–Trinajstić information content (AvgIpc) is 3.29. The van der Waals surface area contributed by atoms with Crippen LogP contribution in [-0.2, 0) is 11.0 Å². The highest BCUT2D eigenvalue weighted by atomic mass is 32.2. The molecule has 3 aromatic rings. The van der Waals surface area contributed by atoms with Crippen LogP contribution >= 0.6 is 35.3 Å². The molecule has 4 rings (SSSR count). The van der Waals surface area contributed by atoms with Gasteiger partial charge in [-0.1, -0.05) is 47.4 Å². The summed E-state index contributed by atoms with van der Waals surface area (Å²) < 4.78 is 45.9. The van der Waals surface area contributed by atoms with E-state index in [1.54, 1.807) is 24.3 Å². The normalized spacial score (nSPS) is 16.2. The summed E-state index contributed by atoms with van der Waals surface area (Å²) >= 11 is 6.41. The number of rotatable bonds is 3. The van der Waals surface area contributed by atoms with Gasteiger partial charge in [0.2, 0.25) is 9.97 Å². The zero-order valence-corrected chi connectivity index (χ0v) is 16.4. The number of thioether (sulfide) groups is 1. The summed E-state index contributed by atoms with van der Waals surface area (Å²) in [7, 11) is 1.48. The van der Waals surface area contributed by atoms with Crippen LogP contribution in [0, 0.1) is 0 Å². The fourth-order valence-corrected chi connectivity index (χ4v) is 4.39. The number of ether oxygens (including phenoxy) is 1. The zero-order chi connectivity index (χ0) is 20.1. The van der Waals surface area contributed by atoms with Gasteiger partial charge in [-0.25, -0.2) is 9.50 Å². The van der Waals surface area contributed by atoms with Crippen molar-refractivity contribution in [1.29, 1.82) is 0 Å². The Morgan fingerprint density at radius 3 is 2.71 bits per heavy atom. The van der Waals surface area contributed by atoms with Crippen molar-refractivity contribution in [3.05, 3.63) is 39.9 Å². The number of hydrogen-bond donors (Lipinski definition) is 1. The van der Waals surface area contributed by atoms with E-state index in [1.807, 2.05) is 0 Å². The Kier molecular flexibility index (Phi) is 4.63. The second kappa shape index (κ2) is 6.87. The van der Waals surface area contributed by atoms with E-state index < -0.39 is 17.1 Å². The molecule has 12 heteroatoms. The molecule has 1 aliphatic heterocycles. The minimum absolute atomic E-state index is 0.0473. The molecule has 0 saturated carbocycles. The molecule has 6 nitrogen and oxygen atoms in total. The van der Waals surface area contributed by atoms with Crippen molar-refractivity contribution in [3.8, 4) is 17.0 Å². The number of para-hydroxylation sites is 1. The number of halogens is 3. The molecule has 2 aromatic heterocycles. The maximum Gasteiger partial charge on any atom is 0.445 e. The van der Waals surface area contributed by atoms with Crippen LogP contribution in [0.25, 0.3) is 22.3 Å². The van der Waals surface area contributed by atoms with E-state index in [9.17, 15) is 18.0 Å². The third kappa shape index (κ3) is 3.27. The Morgan fingerprint density at radius 1 is 1.32 bits per heavy atom. The molecule has 1 saturated heterocycles. The first-order chi connectivity index (χ1) is 13.3. The monoisotopic (exact) mass is 442 g/mol. The third-order valence-corrected chi connectivity index (χ3v) is 5.87. The number of alkyl halides is 3. The number of imidazole rings is 1. The molecule has 0 aliphatic carbocycles. The molecule has 0 spiro atoms. The number of thiocarbonyl (C=S) groups is 1. The van der Waals surface area contributed by atoms with Crippen molar-refractivity contribution >= 4 is 56.6 Å². The van der Waals surface area contributed by atoms with E-state index in [-0.39, 0.29) is 19.9 Å². The topological polar surface area (TPSA) is 68.5 Å². The van der Waals surface area contributed by atoms with E-state index in [0.717, 1.165) is 16.3 Å². The SMILES string of the molecule is COc1ccccc1-c1nc2sc(C(F)(F)F)nn2c1/C=C1\SC(=S)NC1=O. The molecule has 1 amide bonds. The fraction of sp³-hybridized carbons (Fsp3) is 0.125. The molecule has 1 aliphatic rings. The predicted octanol–water partition coefficient (Wildman–Crippen LogP) is 3.97. The highest BCUT2D eigenvalue weighted by molar-refractivity contribution is 8.26. The van der Waals surface area contributed by atoms with Crippen molar-refractivity contribution < 1.29 is 22.7 Å². The van der Waals surface area contributed by atoms with Gasteiger partial charge in [0.15, 0.2) is 0 Å². The molecule has 144 valence electrons. The second-order valence-corrected chi connectivity index (χ2v) is 8.17. The van der Waals surface area contributed by atoms with E-state index in [2.05, 4.69) is 15.4 Å². The summed E-state index contributed by atoms with van der Waals surface area (Å²) in [5, 5.41) is 5.11. The van der Waals surface area contributed by atoms with Gasteiger partial charge in [-0.2, -0.15) is 13.2 Å². The Balaban J connectivity index is 1.97. The first-order valence-corrected chi connectivity index (χ1v) is 9.67. The third-order valence-electron chi connectivity index (χ3n) is 3.75. The van der Waals surface area contributed by atoms with Crippen LogP contribution in [0.15, 0.2) is 29.2 Å². The van der Waals surface area contributed by atoms with Crippen LogP contribution in [0.3, 0.4) is 0 Å². The van der Waals surface area contributed by atoms with Crippen molar-refractivity contribution in [2.75, 3.05) is 7.11 Å². The van der Waals surface area contributed by atoms with Crippen molar-refractivity contribution in [2.24, 2.45) is 0 Å². The number of carbonyl (C=O) groups excluding carboxylic acids is 1. The molecule has 28 heavy (non-hydrogen) atoms. The van der Waals surface area contributed by atoms with E-state index in [0.29, 0.717) is 28.3 Å². The number of amides is 1. The largest absolute Gasteiger partial charge is 0.496 e. The number of hydrogen-bond acceptors (Lipinski definition) is 7. The van der Waals surface area contributed by atoms with Gasteiger partial charge in [0.1, 0.15) is 15.8 Å². The van der Waals surface area contributed by atoms with Gasteiger partial charge in [0.05, 0.1) is 17.7 Å². The first-order valence-electron chi connectivity index (χ1n) is 7.63. The highest BCUT2D eigenvalue weighted by Crippen LogP contribution is 2.38. The molecule has 3 heterocycles. The minimum atomic E-state index is -4.60. The van der Waals surface area contributed by atoms with E-state index in [4.69, 9.17) is 17.0 Å². The smallest absolute Gasteiger partial charge is 0.445 e. The lowest BCUT2D eigenvalue weighted by atomic mass is 10.1. The summed E-state index contributed by atoms with van der Waals surface area (Å²) in [4.78, 5) is 16.7. The van der Waals surface area contributed by atoms with Crippen LogP contribution in [0.2, 0.25) is 0 Å². The lowest BCUT2D eigenvalue weighted by Gasteiger charge is -2.07. The maximum absolute atomic E-state index is 13.1. The summed E-state index contributed by atoms with van der Waals surface area (Å²) in [6.07, 6.45) is -3.16. The lowest BCUT2D eigenvalue weighted by molar-refractivity contribution is -0.138. The van der Waals surface area contributed by atoms with Crippen molar-refractivity contribution in [1.82, 2.24) is 19.9 Å². The number of aromatic nitrogens is 3. The predicted molar refractivity (Wildman–Crippen MR) is 104 cm³/mol. The summed E-state index contributed by atoms with van der Waals surface area (Å²) in [6, 6.07) is 6.95. The molecule has 1 aromatic carbocycles. The summed E-state index contributed by atoms with van der Waals surface area (Å²) in [5.41, 5.74) is 1.14. The number of carbonyl (C=O) groups is 1. The second-order valence-electron chi connectivity index (χ2n) is 5.50. The summed E-state index contributed by atoms with van der Waals surface area (Å²) in [5.74, 6) is 0.0604. The van der Waals surface area contributed by atoms with Crippen LogP contribution in [0.1, 0.15) is 10.7 Å². The molecule has 0 bridgehead atoms.